The summed E-state index contributed by atoms with van der Waals surface area (Å²) in [5.74, 6) is 0.711. The van der Waals surface area contributed by atoms with E-state index in [1.54, 1.807) is 0 Å². The van der Waals surface area contributed by atoms with Crippen molar-refractivity contribution in [3.63, 3.8) is 0 Å². The monoisotopic (exact) mass is 208 g/mol. The van der Waals surface area contributed by atoms with Crippen molar-refractivity contribution < 1.29 is 0 Å². The lowest BCUT2D eigenvalue weighted by Crippen LogP contribution is -1.94. The van der Waals surface area contributed by atoms with E-state index in [1.807, 2.05) is 0 Å². The molecule has 0 heterocycles. The van der Waals surface area contributed by atoms with Gasteiger partial charge in [-0.25, -0.2) is 0 Å². The second-order valence-corrected chi connectivity index (χ2v) is 4.82. The van der Waals surface area contributed by atoms with Crippen LogP contribution in [0.4, 0.5) is 0 Å². The van der Waals surface area contributed by atoms with E-state index in [1.165, 1.54) is 24.0 Å². The second-order valence-electron chi connectivity index (χ2n) is 4.20. The van der Waals surface area contributed by atoms with Crippen molar-refractivity contribution in [1.29, 1.82) is 0 Å². The minimum atomic E-state index is 0.408. The Kier molecular flexibility index (Phi) is 3.12. The van der Waals surface area contributed by atoms with Gasteiger partial charge in [0.2, 0.25) is 0 Å². The normalized spacial score (nSPS) is 26.7. The number of hydrogen-bond donors (Lipinski definition) is 0. The lowest BCUT2D eigenvalue weighted by atomic mass is 9.96. The van der Waals surface area contributed by atoms with E-state index in [0.29, 0.717) is 11.3 Å². The molecule has 1 aliphatic carbocycles. The van der Waals surface area contributed by atoms with Gasteiger partial charge in [0.15, 0.2) is 0 Å². The van der Waals surface area contributed by atoms with Gasteiger partial charge in [0.1, 0.15) is 0 Å². The highest BCUT2D eigenvalue weighted by Crippen LogP contribution is 2.36. The Hall–Kier alpha value is -0.490. The van der Waals surface area contributed by atoms with E-state index >= 15 is 0 Å². The number of halogens is 1. The molecule has 1 saturated carbocycles. The second kappa shape index (κ2) is 4.35. The van der Waals surface area contributed by atoms with Crippen LogP contribution in [0.5, 0.6) is 0 Å². The van der Waals surface area contributed by atoms with Gasteiger partial charge in [-0.05, 0) is 42.7 Å². The van der Waals surface area contributed by atoms with Crippen LogP contribution in [0.2, 0.25) is 0 Å². The van der Waals surface area contributed by atoms with E-state index in [0.717, 1.165) is 12.8 Å². The van der Waals surface area contributed by atoms with Gasteiger partial charge in [0, 0.05) is 5.38 Å². The summed E-state index contributed by atoms with van der Waals surface area (Å²) in [6, 6.07) is 9.05. The molecule has 1 aromatic carbocycles. The van der Waals surface area contributed by atoms with E-state index < -0.39 is 0 Å². The molecule has 0 nitrogen and oxygen atoms in total. The Morgan fingerprint density at radius 1 is 1.21 bits per heavy atom. The van der Waals surface area contributed by atoms with Crippen molar-refractivity contribution in [3.8, 4) is 0 Å². The van der Waals surface area contributed by atoms with E-state index in [9.17, 15) is 0 Å². The van der Waals surface area contributed by atoms with Crippen molar-refractivity contribution in [2.75, 3.05) is 0 Å². The van der Waals surface area contributed by atoms with Gasteiger partial charge >= 0.3 is 0 Å². The minimum absolute atomic E-state index is 0.408. The third kappa shape index (κ3) is 2.12. The molecular formula is C13H17Cl. The fourth-order valence-electron chi connectivity index (χ4n) is 2.25. The zero-order valence-electron chi connectivity index (χ0n) is 8.67. The zero-order chi connectivity index (χ0) is 9.97. The summed E-state index contributed by atoms with van der Waals surface area (Å²) in [6.45, 7) is 2.19. The molecule has 1 fully saturated rings. The fourth-order valence-corrected chi connectivity index (χ4v) is 2.60. The van der Waals surface area contributed by atoms with Crippen LogP contribution in [0.25, 0.3) is 0 Å². The largest absolute Gasteiger partial charge is 0.123 e. The van der Waals surface area contributed by atoms with Crippen molar-refractivity contribution in [3.05, 3.63) is 35.4 Å². The Morgan fingerprint density at radius 3 is 2.43 bits per heavy atom. The highest BCUT2D eigenvalue weighted by Gasteiger charge is 2.23. The predicted octanol–water partition coefficient (Wildman–Crippen LogP) is 4.12. The predicted molar refractivity (Wildman–Crippen MR) is 62.1 cm³/mol. The standard InChI is InChI=1S/C13H17Cl/c1-2-10-3-5-11(6-4-10)12-7-8-13(14)9-12/h3-6,12-13H,2,7-9H2,1H3. The molecule has 1 heteroatoms. The van der Waals surface area contributed by atoms with Crippen LogP contribution in [0.15, 0.2) is 24.3 Å². The first kappa shape index (κ1) is 10.0. The van der Waals surface area contributed by atoms with Gasteiger partial charge in [0.05, 0.1) is 0 Å². The molecule has 1 aliphatic rings. The smallest absolute Gasteiger partial charge is 0.0342 e. The summed E-state index contributed by atoms with van der Waals surface area (Å²) in [6.07, 6.45) is 4.73. The number of aryl methyl sites for hydroxylation is 1. The van der Waals surface area contributed by atoms with Crippen molar-refractivity contribution >= 4 is 11.6 Å². The molecule has 0 aliphatic heterocycles. The van der Waals surface area contributed by atoms with Gasteiger partial charge in [-0.15, -0.1) is 11.6 Å². The number of hydrogen-bond acceptors (Lipinski definition) is 0. The van der Waals surface area contributed by atoms with Gasteiger partial charge in [-0.1, -0.05) is 31.2 Å². The van der Waals surface area contributed by atoms with Crippen LogP contribution in [-0.2, 0) is 6.42 Å². The lowest BCUT2D eigenvalue weighted by Gasteiger charge is -2.09. The van der Waals surface area contributed by atoms with E-state index in [2.05, 4.69) is 31.2 Å². The molecule has 2 unspecified atom stereocenters. The summed E-state index contributed by atoms with van der Waals surface area (Å²) in [5, 5.41) is 0.408. The van der Waals surface area contributed by atoms with Gasteiger partial charge in [-0.3, -0.25) is 0 Å². The number of benzene rings is 1. The maximum Gasteiger partial charge on any atom is 0.0342 e. The summed E-state index contributed by atoms with van der Waals surface area (Å²) < 4.78 is 0. The highest BCUT2D eigenvalue weighted by molar-refractivity contribution is 6.20. The molecule has 0 N–H and O–H groups in total. The molecule has 0 aromatic heterocycles. The summed E-state index contributed by atoms with van der Waals surface area (Å²) in [5.41, 5.74) is 2.90. The molecule has 0 amide bonds. The topological polar surface area (TPSA) is 0 Å². The van der Waals surface area contributed by atoms with Crippen LogP contribution < -0.4 is 0 Å². The molecule has 0 radical (unpaired) electrons. The van der Waals surface area contributed by atoms with E-state index in [4.69, 9.17) is 11.6 Å². The molecule has 2 atom stereocenters. The minimum Gasteiger partial charge on any atom is -0.123 e. The maximum atomic E-state index is 6.12. The van der Waals surface area contributed by atoms with Gasteiger partial charge in [-0.2, -0.15) is 0 Å². The molecule has 76 valence electrons. The van der Waals surface area contributed by atoms with Crippen LogP contribution >= 0.6 is 11.6 Å². The third-order valence-electron chi connectivity index (χ3n) is 3.23. The molecule has 0 bridgehead atoms. The average Bonchev–Trinajstić information content (AvgIpc) is 2.65. The highest BCUT2D eigenvalue weighted by atomic mass is 35.5. The summed E-state index contributed by atoms with van der Waals surface area (Å²) in [7, 11) is 0. The third-order valence-corrected chi connectivity index (χ3v) is 3.62. The number of alkyl halides is 1. The van der Waals surface area contributed by atoms with Crippen LogP contribution in [0.1, 0.15) is 43.2 Å². The van der Waals surface area contributed by atoms with Crippen molar-refractivity contribution in [1.82, 2.24) is 0 Å². The van der Waals surface area contributed by atoms with Gasteiger partial charge in [0.25, 0.3) is 0 Å². The Labute approximate surface area is 91.3 Å². The average molecular weight is 209 g/mol. The first-order valence-electron chi connectivity index (χ1n) is 5.52. The van der Waals surface area contributed by atoms with Crippen molar-refractivity contribution in [2.45, 2.75) is 43.9 Å². The first-order valence-corrected chi connectivity index (χ1v) is 5.96. The lowest BCUT2D eigenvalue weighted by molar-refractivity contribution is 0.723. The molecule has 14 heavy (non-hydrogen) atoms. The first-order chi connectivity index (χ1) is 6.79. The fraction of sp³-hybridized carbons (Fsp3) is 0.538. The zero-order valence-corrected chi connectivity index (χ0v) is 9.43. The molecular weight excluding hydrogens is 192 g/mol. The Morgan fingerprint density at radius 2 is 1.93 bits per heavy atom. The summed E-state index contributed by atoms with van der Waals surface area (Å²) in [4.78, 5) is 0. The van der Waals surface area contributed by atoms with Crippen LogP contribution in [-0.4, -0.2) is 5.38 Å². The molecule has 0 spiro atoms. The maximum absolute atomic E-state index is 6.12. The number of rotatable bonds is 2. The van der Waals surface area contributed by atoms with Crippen LogP contribution in [0.3, 0.4) is 0 Å². The summed E-state index contributed by atoms with van der Waals surface area (Å²) >= 11 is 6.12. The van der Waals surface area contributed by atoms with Crippen LogP contribution in [0, 0.1) is 0 Å². The Balaban J connectivity index is 2.09. The van der Waals surface area contributed by atoms with E-state index in [-0.39, 0.29) is 0 Å². The molecule has 0 saturated heterocycles. The van der Waals surface area contributed by atoms with Crippen molar-refractivity contribution in [2.24, 2.45) is 0 Å². The van der Waals surface area contributed by atoms with Gasteiger partial charge < -0.3 is 0 Å². The quantitative estimate of drug-likeness (QED) is 0.642. The molecule has 1 aromatic rings. The SMILES string of the molecule is CCc1ccc(C2CCC(Cl)C2)cc1. The Bertz CT molecular complexity index is 289. The molecule has 2 rings (SSSR count).